The first-order chi connectivity index (χ1) is 10.1. The van der Waals surface area contributed by atoms with Crippen LogP contribution in [-0.4, -0.2) is 51.3 Å². The number of piperidine rings is 1. The molecular formula is C18H36N2O. The summed E-state index contributed by atoms with van der Waals surface area (Å²) in [5.41, 5.74) is 0. The Kier molecular flexibility index (Phi) is 6.97. The van der Waals surface area contributed by atoms with E-state index in [1.54, 1.807) is 0 Å². The Balaban J connectivity index is 1.82. The average molecular weight is 296 g/mol. The lowest BCUT2D eigenvalue weighted by Gasteiger charge is -2.41. The lowest BCUT2D eigenvalue weighted by molar-refractivity contribution is 0.0738. The van der Waals surface area contributed by atoms with E-state index < -0.39 is 0 Å². The molecule has 2 fully saturated rings. The van der Waals surface area contributed by atoms with E-state index in [0.717, 1.165) is 36.3 Å². The van der Waals surface area contributed by atoms with Crippen LogP contribution in [0.25, 0.3) is 0 Å². The molecule has 3 atom stereocenters. The van der Waals surface area contributed by atoms with E-state index in [0.29, 0.717) is 0 Å². The van der Waals surface area contributed by atoms with Gasteiger partial charge in [0, 0.05) is 26.3 Å². The van der Waals surface area contributed by atoms with Gasteiger partial charge in [0.05, 0.1) is 0 Å². The van der Waals surface area contributed by atoms with Gasteiger partial charge in [-0.05, 0) is 75.9 Å². The predicted molar refractivity (Wildman–Crippen MR) is 89.6 cm³/mol. The van der Waals surface area contributed by atoms with E-state index in [4.69, 9.17) is 4.74 Å². The van der Waals surface area contributed by atoms with E-state index in [-0.39, 0.29) is 0 Å². The van der Waals surface area contributed by atoms with Crippen molar-refractivity contribution in [3.63, 3.8) is 0 Å². The molecule has 1 saturated carbocycles. The van der Waals surface area contributed by atoms with Crippen LogP contribution in [0.5, 0.6) is 0 Å². The normalized spacial score (nSPS) is 32.7. The van der Waals surface area contributed by atoms with Gasteiger partial charge in [-0.15, -0.1) is 0 Å². The summed E-state index contributed by atoms with van der Waals surface area (Å²) in [6.45, 7) is 9.59. The van der Waals surface area contributed by atoms with Crippen molar-refractivity contribution in [2.45, 2.75) is 52.0 Å². The minimum Gasteiger partial charge on any atom is -0.384 e. The Morgan fingerprint density at radius 2 is 1.86 bits per heavy atom. The maximum Gasteiger partial charge on any atom is 0.0491 e. The van der Waals surface area contributed by atoms with Crippen molar-refractivity contribution in [2.24, 2.45) is 23.7 Å². The molecule has 0 aromatic rings. The second-order valence-corrected chi connectivity index (χ2v) is 7.67. The summed E-state index contributed by atoms with van der Waals surface area (Å²) in [5.74, 6) is 3.42. The van der Waals surface area contributed by atoms with Gasteiger partial charge in [-0.1, -0.05) is 13.8 Å². The van der Waals surface area contributed by atoms with Crippen molar-refractivity contribution in [3.05, 3.63) is 0 Å². The van der Waals surface area contributed by atoms with Crippen molar-refractivity contribution in [3.8, 4) is 0 Å². The average Bonchev–Trinajstić information content (AvgIpc) is 2.49. The summed E-state index contributed by atoms with van der Waals surface area (Å²) < 4.78 is 5.31. The van der Waals surface area contributed by atoms with Crippen LogP contribution in [0, 0.1) is 23.7 Å². The number of rotatable bonds is 6. The van der Waals surface area contributed by atoms with Crippen molar-refractivity contribution in [2.75, 3.05) is 40.4 Å². The molecule has 0 amide bonds. The van der Waals surface area contributed by atoms with Gasteiger partial charge in [0.15, 0.2) is 0 Å². The third kappa shape index (κ3) is 4.94. The van der Waals surface area contributed by atoms with Crippen molar-refractivity contribution >= 4 is 0 Å². The van der Waals surface area contributed by atoms with E-state index >= 15 is 0 Å². The molecule has 21 heavy (non-hydrogen) atoms. The first-order valence-corrected chi connectivity index (χ1v) is 9.02. The number of nitrogens with zero attached hydrogens (tertiary/aromatic N) is 1. The Morgan fingerprint density at radius 3 is 2.43 bits per heavy atom. The lowest BCUT2D eigenvalue weighted by atomic mass is 9.73. The van der Waals surface area contributed by atoms with Crippen LogP contribution < -0.4 is 5.32 Å². The summed E-state index contributed by atoms with van der Waals surface area (Å²) in [6.07, 6.45) is 6.83. The largest absolute Gasteiger partial charge is 0.384 e. The van der Waals surface area contributed by atoms with Gasteiger partial charge in [0.2, 0.25) is 0 Å². The van der Waals surface area contributed by atoms with Gasteiger partial charge in [-0.2, -0.15) is 0 Å². The van der Waals surface area contributed by atoms with Gasteiger partial charge in [-0.3, -0.25) is 0 Å². The highest BCUT2D eigenvalue weighted by Crippen LogP contribution is 2.34. The quantitative estimate of drug-likeness (QED) is 0.815. The Bertz CT molecular complexity index is 287. The smallest absolute Gasteiger partial charge is 0.0491 e. The molecule has 0 aromatic heterocycles. The van der Waals surface area contributed by atoms with Crippen molar-refractivity contribution < 1.29 is 4.74 Å². The minimum atomic E-state index is 0.733. The molecule has 0 bridgehead atoms. The molecule has 3 unspecified atom stereocenters. The molecule has 2 aliphatic rings. The summed E-state index contributed by atoms with van der Waals surface area (Å²) in [5, 5.41) is 3.59. The second kappa shape index (κ2) is 8.50. The fourth-order valence-corrected chi connectivity index (χ4v) is 4.39. The van der Waals surface area contributed by atoms with Gasteiger partial charge < -0.3 is 15.0 Å². The van der Waals surface area contributed by atoms with Gasteiger partial charge in [-0.25, -0.2) is 0 Å². The molecule has 2 rings (SSSR count). The molecule has 3 heteroatoms. The number of likely N-dealkylation sites (tertiary alicyclic amines) is 1. The Hall–Kier alpha value is -0.120. The van der Waals surface area contributed by atoms with Crippen molar-refractivity contribution in [1.82, 2.24) is 10.2 Å². The molecule has 1 saturated heterocycles. The first kappa shape index (κ1) is 17.2. The molecule has 0 aromatic carbocycles. The zero-order valence-electron chi connectivity index (χ0n) is 14.6. The van der Waals surface area contributed by atoms with Crippen LogP contribution in [0.1, 0.15) is 46.0 Å². The van der Waals surface area contributed by atoms with Crippen LogP contribution >= 0.6 is 0 Å². The third-order valence-corrected chi connectivity index (χ3v) is 5.94. The molecule has 1 aliphatic heterocycles. The van der Waals surface area contributed by atoms with E-state index in [1.807, 2.05) is 7.11 Å². The predicted octanol–water partition coefficient (Wildman–Crippen LogP) is 3.01. The van der Waals surface area contributed by atoms with E-state index in [9.17, 15) is 0 Å². The highest BCUT2D eigenvalue weighted by Gasteiger charge is 2.32. The maximum atomic E-state index is 5.31. The monoisotopic (exact) mass is 296 g/mol. The summed E-state index contributed by atoms with van der Waals surface area (Å²) >= 11 is 0. The molecule has 1 heterocycles. The first-order valence-electron chi connectivity index (χ1n) is 9.02. The molecule has 3 nitrogen and oxygen atoms in total. The number of nitrogens with one attached hydrogen (secondary N) is 1. The molecule has 1 aliphatic carbocycles. The van der Waals surface area contributed by atoms with E-state index in [1.165, 1.54) is 51.7 Å². The number of hydrogen-bond acceptors (Lipinski definition) is 3. The van der Waals surface area contributed by atoms with Crippen LogP contribution in [0.2, 0.25) is 0 Å². The topological polar surface area (TPSA) is 24.5 Å². The fraction of sp³-hybridized carbons (Fsp3) is 1.00. The Morgan fingerprint density at radius 1 is 1.14 bits per heavy atom. The van der Waals surface area contributed by atoms with Crippen LogP contribution in [0.15, 0.2) is 0 Å². The minimum absolute atomic E-state index is 0.733. The molecule has 0 spiro atoms. The van der Waals surface area contributed by atoms with Crippen LogP contribution in [0.3, 0.4) is 0 Å². The van der Waals surface area contributed by atoms with Crippen molar-refractivity contribution in [1.29, 1.82) is 0 Å². The summed E-state index contributed by atoms with van der Waals surface area (Å²) in [7, 11) is 3.98. The zero-order valence-corrected chi connectivity index (χ0v) is 14.6. The van der Waals surface area contributed by atoms with Gasteiger partial charge >= 0.3 is 0 Å². The summed E-state index contributed by atoms with van der Waals surface area (Å²) in [4.78, 5) is 2.71. The molecule has 1 N–H and O–H groups in total. The highest BCUT2D eigenvalue weighted by atomic mass is 16.5. The molecular weight excluding hydrogens is 260 g/mol. The lowest BCUT2D eigenvalue weighted by Crippen LogP contribution is -2.47. The maximum absolute atomic E-state index is 5.31. The van der Waals surface area contributed by atoms with Gasteiger partial charge in [0.1, 0.15) is 0 Å². The zero-order chi connectivity index (χ0) is 15.2. The fourth-order valence-electron chi connectivity index (χ4n) is 4.39. The summed E-state index contributed by atoms with van der Waals surface area (Å²) in [6, 6.07) is 0.733. The number of hydrogen-bond donors (Lipinski definition) is 1. The third-order valence-electron chi connectivity index (χ3n) is 5.94. The highest BCUT2D eigenvalue weighted by molar-refractivity contribution is 4.87. The molecule has 0 radical (unpaired) electrons. The SMILES string of the molecule is CNC1CCC(C(C)C)CC1CN1CCC(COC)CC1. The number of ether oxygens (including phenoxy) is 1. The number of methoxy groups -OCH3 is 1. The van der Waals surface area contributed by atoms with Crippen LogP contribution in [0.4, 0.5) is 0 Å². The Labute approximate surface area is 131 Å². The van der Waals surface area contributed by atoms with E-state index in [2.05, 4.69) is 31.1 Å². The standard InChI is InChI=1S/C18H36N2O/c1-14(2)16-5-6-18(19-3)17(11-16)12-20-9-7-15(8-10-20)13-21-4/h14-19H,5-13H2,1-4H3. The second-order valence-electron chi connectivity index (χ2n) is 7.67. The van der Waals surface area contributed by atoms with Crippen LogP contribution in [-0.2, 0) is 4.74 Å². The van der Waals surface area contributed by atoms with Gasteiger partial charge in [0.25, 0.3) is 0 Å². The molecule has 124 valence electrons.